The number of hydrogen-bond donors (Lipinski definition) is 0. The van der Waals surface area contributed by atoms with Crippen LogP contribution < -0.4 is 0 Å². The number of ether oxygens (including phenoxy) is 3. The van der Waals surface area contributed by atoms with Gasteiger partial charge in [-0.15, -0.1) is 0 Å². The van der Waals surface area contributed by atoms with E-state index in [0.29, 0.717) is 19.3 Å². The molecule has 0 N–H and O–H groups in total. The minimum Gasteiger partial charge on any atom is -0.462 e. The predicted molar refractivity (Wildman–Crippen MR) is 280 cm³/mol. The molecule has 0 heterocycles. The van der Waals surface area contributed by atoms with Crippen molar-refractivity contribution in [1.29, 1.82) is 0 Å². The lowest BCUT2D eigenvalue weighted by Crippen LogP contribution is -2.30. The molecule has 0 unspecified atom stereocenters. The van der Waals surface area contributed by atoms with Gasteiger partial charge in [0.05, 0.1) is 0 Å². The minimum absolute atomic E-state index is 0.0626. The summed E-state index contributed by atoms with van der Waals surface area (Å²) < 4.78 is 16.9. The lowest BCUT2D eigenvalue weighted by Gasteiger charge is -2.18. The Bertz CT molecular complexity index is 993. The Kier molecular flexibility index (Phi) is 50.5. The van der Waals surface area contributed by atoms with Gasteiger partial charge < -0.3 is 14.2 Å². The SMILES string of the molecule is CCCCCCCCCCCCCCC(=O)OC[C@H](COC(=O)CCCCCCCCCCCCCCCCCCCCC(C)C)OC(=O)CCCCCCCCCCCCCC(C)C. The Morgan fingerprint density at radius 2 is 0.508 bits per heavy atom. The van der Waals surface area contributed by atoms with E-state index in [1.807, 2.05) is 0 Å². The second-order valence-electron chi connectivity index (χ2n) is 21.2. The van der Waals surface area contributed by atoms with Crippen LogP contribution in [0.4, 0.5) is 0 Å². The molecule has 0 saturated heterocycles. The Labute approximate surface area is 406 Å². The van der Waals surface area contributed by atoms with E-state index in [9.17, 15) is 14.4 Å². The number of hydrogen-bond acceptors (Lipinski definition) is 6. The van der Waals surface area contributed by atoms with E-state index in [2.05, 4.69) is 34.6 Å². The fourth-order valence-corrected chi connectivity index (χ4v) is 9.05. The molecule has 0 aliphatic heterocycles. The molecular formula is C59H114O6. The molecule has 0 fully saturated rings. The number of unbranched alkanes of at least 4 members (excludes halogenated alkanes) is 38. The standard InChI is InChI=1S/C59H114O6/c1-6-7-8-9-10-11-12-24-29-34-39-44-49-57(60)63-52-56(65-59(62)51-46-41-36-31-26-21-23-28-33-38-43-48-55(4)5)53-64-58(61)50-45-40-35-30-25-20-18-16-14-13-15-17-19-22-27-32-37-42-47-54(2)3/h54-56H,6-53H2,1-5H3/t56-/m1/s1. The lowest BCUT2D eigenvalue weighted by atomic mass is 10.0. The Morgan fingerprint density at radius 1 is 0.292 bits per heavy atom. The fraction of sp³-hybridized carbons (Fsp3) is 0.949. The molecule has 0 rings (SSSR count). The molecular weight excluding hydrogens is 805 g/mol. The van der Waals surface area contributed by atoms with Gasteiger partial charge in [-0.2, -0.15) is 0 Å². The molecule has 65 heavy (non-hydrogen) atoms. The molecule has 0 saturated carbocycles. The third kappa shape index (κ3) is 53.2. The van der Waals surface area contributed by atoms with Crippen LogP contribution in [0.5, 0.6) is 0 Å². The summed E-state index contributed by atoms with van der Waals surface area (Å²) >= 11 is 0. The van der Waals surface area contributed by atoms with E-state index in [4.69, 9.17) is 14.2 Å². The number of carbonyl (C=O) groups excluding carboxylic acids is 3. The number of esters is 3. The molecule has 386 valence electrons. The van der Waals surface area contributed by atoms with E-state index in [-0.39, 0.29) is 31.1 Å². The van der Waals surface area contributed by atoms with Gasteiger partial charge in [-0.05, 0) is 31.1 Å². The summed E-state index contributed by atoms with van der Waals surface area (Å²) in [7, 11) is 0. The van der Waals surface area contributed by atoms with Gasteiger partial charge in [-0.1, -0.05) is 291 Å². The molecule has 0 aliphatic rings. The van der Waals surface area contributed by atoms with Crippen LogP contribution in [0.25, 0.3) is 0 Å². The van der Waals surface area contributed by atoms with Crippen molar-refractivity contribution in [2.45, 2.75) is 336 Å². The molecule has 6 heteroatoms. The smallest absolute Gasteiger partial charge is 0.306 e. The normalized spacial score (nSPS) is 12.0. The summed E-state index contributed by atoms with van der Waals surface area (Å²) in [6, 6.07) is 0. The second kappa shape index (κ2) is 51.8. The van der Waals surface area contributed by atoms with Crippen molar-refractivity contribution in [3.63, 3.8) is 0 Å². The highest BCUT2D eigenvalue weighted by Crippen LogP contribution is 2.18. The van der Waals surface area contributed by atoms with Crippen LogP contribution in [0.1, 0.15) is 330 Å². The van der Waals surface area contributed by atoms with Gasteiger partial charge in [0.1, 0.15) is 13.2 Å². The van der Waals surface area contributed by atoms with E-state index in [0.717, 1.165) is 69.6 Å². The number of carbonyl (C=O) groups is 3. The first-order valence-electron chi connectivity index (χ1n) is 29.2. The van der Waals surface area contributed by atoms with Crippen molar-refractivity contribution in [3.05, 3.63) is 0 Å². The highest BCUT2D eigenvalue weighted by Gasteiger charge is 2.19. The van der Waals surface area contributed by atoms with Gasteiger partial charge in [-0.25, -0.2) is 0 Å². The average molecular weight is 920 g/mol. The highest BCUT2D eigenvalue weighted by molar-refractivity contribution is 5.71. The zero-order valence-electron chi connectivity index (χ0n) is 44.6. The van der Waals surface area contributed by atoms with E-state index in [1.165, 1.54) is 218 Å². The first kappa shape index (κ1) is 63.4. The maximum atomic E-state index is 12.8. The molecule has 0 bridgehead atoms. The second-order valence-corrected chi connectivity index (χ2v) is 21.2. The van der Waals surface area contributed by atoms with Crippen molar-refractivity contribution in [1.82, 2.24) is 0 Å². The highest BCUT2D eigenvalue weighted by atomic mass is 16.6. The van der Waals surface area contributed by atoms with Crippen LogP contribution in [0.3, 0.4) is 0 Å². The summed E-state index contributed by atoms with van der Waals surface area (Å²) in [5, 5.41) is 0. The quantitative estimate of drug-likeness (QED) is 0.0344. The molecule has 0 aromatic heterocycles. The minimum atomic E-state index is -0.762. The largest absolute Gasteiger partial charge is 0.462 e. The topological polar surface area (TPSA) is 78.9 Å². The van der Waals surface area contributed by atoms with Gasteiger partial charge in [0, 0.05) is 19.3 Å². The maximum Gasteiger partial charge on any atom is 0.306 e. The monoisotopic (exact) mass is 919 g/mol. The van der Waals surface area contributed by atoms with Crippen LogP contribution in [-0.4, -0.2) is 37.2 Å². The van der Waals surface area contributed by atoms with Crippen LogP contribution >= 0.6 is 0 Å². The van der Waals surface area contributed by atoms with Gasteiger partial charge in [-0.3, -0.25) is 14.4 Å². The van der Waals surface area contributed by atoms with Crippen LogP contribution in [0.15, 0.2) is 0 Å². The van der Waals surface area contributed by atoms with Crippen molar-refractivity contribution in [2.24, 2.45) is 11.8 Å². The van der Waals surface area contributed by atoms with Gasteiger partial charge in [0.25, 0.3) is 0 Å². The van der Waals surface area contributed by atoms with E-state index in [1.54, 1.807) is 0 Å². The van der Waals surface area contributed by atoms with Crippen molar-refractivity contribution in [2.75, 3.05) is 13.2 Å². The molecule has 0 amide bonds. The Morgan fingerprint density at radius 3 is 0.754 bits per heavy atom. The van der Waals surface area contributed by atoms with Crippen molar-refractivity contribution < 1.29 is 28.6 Å². The average Bonchev–Trinajstić information content (AvgIpc) is 3.28. The maximum absolute atomic E-state index is 12.8. The van der Waals surface area contributed by atoms with Crippen LogP contribution in [0, 0.1) is 11.8 Å². The Hall–Kier alpha value is -1.59. The predicted octanol–water partition coefficient (Wildman–Crippen LogP) is 19.3. The summed E-state index contributed by atoms with van der Waals surface area (Å²) in [6.45, 7) is 11.4. The van der Waals surface area contributed by atoms with Crippen LogP contribution in [0.2, 0.25) is 0 Å². The van der Waals surface area contributed by atoms with Gasteiger partial charge in [0.15, 0.2) is 6.10 Å². The molecule has 0 spiro atoms. The van der Waals surface area contributed by atoms with Crippen molar-refractivity contribution >= 4 is 17.9 Å². The summed E-state index contributed by atoms with van der Waals surface area (Å²) in [4.78, 5) is 38.1. The van der Waals surface area contributed by atoms with Gasteiger partial charge >= 0.3 is 17.9 Å². The molecule has 0 radical (unpaired) electrons. The molecule has 0 aromatic carbocycles. The third-order valence-electron chi connectivity index (χ3n) is 13.5. The van der Waals surface area contributed by atoms with E-state index >= 15 is 0 Å². The summed E-state index contributed by atoms with van der Waals surface area (Å²) in [5.41, 5.74) is 0. The fourth-order valence-electron chi connectivity index (χ4n) is 9.05. The zero-order chi connectivity index (χ0) is 47.5. The lowest BCUT2D eigenvalue weighted by molar-refractivity contribution is -0.167. The Balaban J connectivity index is 4.23. The number of rotatable bonds is 53. The zero-order valence-corrected chi connectivity index (χ0v) is 44.6. The molecule has 1 atom stereocenters. The van der Waals surface area contributed by atoms with Gasteiger partial charge in [0.2, 0.25) is 0 Å². The van der Waals surface area contributed by atoms with Crippen LogP contribution in [-0.2, 0) is 28.6 Å². The molecule has 6 nitrogen and oxygen atoms in total. The first-order chi connectivity index (χ1) is 31.7. The summed E-state index contributed by atoms with van der Waals surface area (Å²) in [6.07, 6.45) is 55.3. The molecule has 0 aliphatic carbocycles. The van der Waals surface area contributed by atoms with Crippen molar-refractivity contribution in [3.8, 4) is 0 Å². The molecule has 0 aromatic rings. The summed E-state index contributed by atoms with van der Waals surface area (Å²) in [5.74, 6) is 0.844. The first-order valence-corrected chi connectivity index (χ1v) is 29.2. The third-order valence-corrected chi connectivity index (χ3v) is 13.5. The van der Waals surface area contributed by atoms with E-state index < -0.39 is 6.10 Å².